The topological polar surface area (TPSA) is 47.9 Å². The summed E-state index contributed by atoms with van der Waals surface area (Å²) in [4.78, 5) is 20.2. The Morgan fingerprint density at radius 1 is 1.06 bits per heavy atom. The highest BCUT2D eigenvalue weighted by molar-refractivity contribution is 5.90. The number of guanidine groups is 1. The van der Waals surface area contributed by atoms with Crippen LogP contribution in [-0.2, 0) is 13.0 Å². The molecule has 0 N–H and O–H groups in total. The Labute approximate surface area is 190 Å². The van der Waals surface area contributed by atoms with Gasteiger partial charge in [0.25, 0.3) is 0 Å². The first-order valence-electron chi connectivity index (χ1n) is 11.3. The van der Waals surface area contributed by atoms with Gasteiger partial charge in [-0.1, -0.05) is 37.4 Å². The van der Waals surface area contributed by atoms with Gasteiger partial charge in [0, 0.05) is 56.7 Å². The molecule has 0 radical (unpaired) electrons. The molecule has 32 heavy (non-hydrogen) atoms. The van der Waals surface area contributed by atoms with Crippen LogP contribution in [0.5, 0.6) is 0 Å². The lowest BCUT2D eigenvalue weighted by Crippen LogP contribution is -2.47. The second-order valence-electron chi connectivity index (χ2n) is 8.78. The molecule has 0 unspecified atom stereocenters. The Bertz CT molecular complexity index is 1080. The first-order chi connectivity index (χ1) is 15.6. The van der Waals surface area contributed by atoms with Gasteiger partial charge in [0.1, 0.15) is 6.33 Å². The Hall–Kier alpha value is -3.41. The first kappa shape index (κ1) is 20.5. The second-order valence-corrected chi connectivity index (χ2v) is 8.78. The minimum atomic E-state index is 0.520. The van der Waals surface area contributed by atoms with Crippen LogP contribution in [0.15, 0.2) is 78.5 Å². The maximum absolute atomic E-state index is 4.94. The first-order valence-corrected chi connectivity index (χ1v) is 11.3. The molecule has 164 valence electrons. The van der Waals surface area contributed by atoms with E-state index in [1.165, 1.54) is 16.8 Å². The number of likely N-dealkylation sites (N-methyl/N-ethyl adjacent to an activating group) is 1. The number of benzene rings is 1. The normalized spacial score (nSPS) is 19.4. The van der Waals surface area contributed by atoms with Gasteiger partial charge >= 0.3 is 0 Å². The zero-order chi connectivity index (χ0) is 22.1. The number of allylic oxidation sites excluding steroid dienone is 2. The fourth-order valence-corrected chi connectivity index (χ4v) is 4.87. The van der Waals surface area contributed by atoms with E-state index < -0.39 is 0 Å². The molecule has 0 saturated carbocycles. The summed E-state index contributed by atoms with van der Waals surface area (Å²) in [6, 6.07) is 10.7. The van der Waals surface area contributed by atoms with Crippen LogP contribution >= 0.6 is 0 Å². The molecule has 4 heterocycles. The third-order valence-electron chi connectivity index (χ3n) is 6.88. The van der Waals surface area contributed by atoms with Gasteiger partial charge in [-0.3, -0.25) is 0 Å². The average Bonchev–Trinajstić information content (AvgIpc) is 2.85. The molecule has 0 bridgehead atoms. The summed E-state index contributed by atoms with van der Waals surface area (Å²) in [6.07, 6.45) is 8.56. The zero-order valence-corrected chi connectivity index (χ0v) is 18.7. The highest BCUT2D eigenvalue weighted by Crippen LogP contribution is 2.31. The fourth-order valence-electron chi connectivity index (χ4n) is 4.87. The van der Waals surface area contributed by atoms with Crippen molar-refractivity contribution in [2.45, 2.75) is 25.8 Å². The van der Waals surface area contributed by atoms with Crippen LogP contribution in [0.3, 0.4) is 0 Å². The van der Waals surface area contributed by atoms with Crippen molar-refractivity contribution in [3.63, 3.8) is 0 Å². The molecule has 0 aliphatic carbocycles. The highest BCUT2D eigenvalue weighted by atomic mass is 15.4. The van der Waals surface area contributed by atoms with E-state index in [1.807, 2.05) is 19.2 Å². The standard InChI is InChI=1S/C26H30N6/c1-19-16-25(24-8-12-27-18-28-24)29-26(30(19)3)31-13-9-21(10-14-31)20(2)32-15-11-22-6-4-5-7-23(22)17-32/h4-8,12,16,18,21H,1-2,9-11,13-15,17H2,3H3. The highest BCUT2D eigenvalue weighted by Gasteiger charge is 2.30. The molecule has 3 aliphatic heterocycles. The van der Waals surface area contributed by atoms with Gasteiger partial charge in [-0.05, 0) is 42.5 Å². The number of aromatic nitrogens is 2. The van der Waals surface area contributed by atoms with Gasteiger partial charge in [-0.25, -0.2) is 15.0 Å². The van der Waals surface area contributed by atoms with Crippen LogP contribution in [0.2, 0.25) is 0 Å². The van der Waals surface area contributed by atoms with Gasteiger partial charge in [-0.15, -0.1) is 0 Å². The van der Waals surface area contributed by atoms with Crippen LogP contribution in [0.25, 0.3) is 5.70 Å². The number of fused-ring (bicyclic) bond motifs is 1. The lowest BCUT2D eigenvalue weighted by atomic mass is 9.91. The van der Waals surface area contributed by atoms with E-state index in [1.54, 1.807) is 12.5 Å². The third kappa shape index (κ3) is 3.93. The smallest absolute Gasteiger partial charge is 0.206 e. The molecule has 0 spiro atoms. The quantitative estimate of drug-likeness (QED) is 0.745. The molecular formula is C26H30N6. The van der Waals surface area contributed by atoms with Gasteiger partial charge in [-0.2, -0.15) is 0 Å². The van der Waals surface area contributed by atoms with E-state index in [0.29, 0.717) is 5.92 Å². The Morgan fingerprint density at radius 3 is 2.59 bits per heavy atom. The maximum atomic E-state index is 4.94. The second kappa shape index (κ2) is 8.61. The summed E-state index contributed by atoms with van der Waals surface area (Å²) in [5, 5.41) is 0. The number of piperidine rings is 1. The Balaban J connectivity index is 1.25. The van der Waals surface area contributed by atoms with Crippen molar-refractivity contribution in [3.8, 4) is 0 Å². The summed E-state index contributed by atoms with van der Waals surface area (Å²) >= 11 is 0. The summed E-state index contributed by atoms with van der Waals surface area (Å²) in [6.45, 7) is 12.7. The number of rotatable bonds is 3. The Morgan fingerprint density at radius 2 is 1.84 bits per heavy atom. The van der Waals surface area contributed by atoms with E-state index in [9.17, 15) is 0 Å². The third-order valence-corrected chi connectivity index (χ3v) is 6.88. The molecule has 0 atom stereocenters. The molecule has 1 aromatic heterocycles. The number of likely N-dealkylation sites (tertiary alicyclic amines) is 1. The predicted molar refractivity (Wildman–Crippen MR) is 128 cm³/mol. The van der Waals surface area contributed by atoms with Crippen molar-refractivity contribution in [2.24, 2.45) is 10.9 Å². The van der Waals surface area contributed by atoms with E-state index in [0.717, 1.165) is 68.5 Å². The number of hydrogen-bond donors (Lipinski definition) is 0. The molecule has 1 saturated heterocycles. The SMILES string of the molecule is C=C(C1CCN(C2=NC(c3ccncn3)=CC(=C)N2C)CC1)N1CCc2ccccc2C1. The van der Waals surface area contributed by atoms with E-state index in [2.05, 4.69) is 62.1 Å². The fraction of sp³-hybridized carbons (Fsp3) is 0.346. The van der Waals surface area contributed by atoms with Crippen LogP contribution in [0, 0.1) is 5.92 Å². The van der Waals surface area contributed by atoms with Crippen LogP contribution in [0.1, 0.15) is 29.7 Å². The van der Waals surface area contributed by atoms with E-state index in [-0.39, 0.29) is 0 Å². The van der Waals surface area contributed by atoms with Gasteiger partial charge in [0.2, 0.25) is 5.96 Å². The summed E-state index contributed by atoms with van der Waals surface area (Å²) in [7, 11) is 2.03. The van der Waals surface area contributed by atoms with Gasteiger partial charge in [0.15, 0.2) is 0 Å². The van der Waals surface area contributed by atoms with Crippen molar-refractivity contribution in [3.05, 3.63) is 90.3 Å². The molecule has 5 rings (SSSR count). The predicted octanol–water partition coefficient (Wildman–Crippen LogP) is 3.92. The molecule has 1 aromatic carbocycles. The van der Waals surface area contributed by atoms with E-state index in [4.69, 9.17) is 4.99 Å². The van der Waals surface area contributed by atoms with Crippen LogP contribution in [0.4, 0.5) is 0 Å². The maximum Gasteiger partial charge on any atom is 0.206 e. The van der Waals surface area contributed by atoms with Crippen molar-refractivity contribution >= 4 is 11.7 Å². The largest absolute Gasteiger partial charge is 0.370 e. The minimum Gasteiger partial charge on any atom is -0.370 e. The lowest BCUT2D eigenvalue weighted by Gasteiger charge is -2.42. The van der Waals surface area contributed by atoms with Crippen molar-refractivity contribution in [1.29, 1.82) is 0 Å². The summed E-state index contributed by atoms with van der Waals surface area (Å²) in [5.74, 6) is 1.47. The lowest BCUT2D eigenvalue weighted by molar-refractivity contribution is 0.216. The number of nitrogens with zero attached hydrogens (tertiary/aromatic N) is 6. The van der Waals surface area contributed by atoms with Gasteiger partial charge in [0.05, 0.1) is 11.4 Å². The minimum absolute atomic E-state index is 0.520. The molecule has 3 aliphatic rings. The van der Waals surface area contributed by atoms with Crippen molar-refractivity contribution < 1.29 is 0 Å². The summed E-state index contributed by atoms with van der Waals surface area (Å²) in [5.41, 5.74) is 6.80. The van der Waals surface area contributed by atoms with Crippen LogP contribution < -0.4 is 0 Å². The Kier molecular flexibility index (Phi) is 5.52. The van der Waals surface area contributed by atoms with Crippen molar-refractivity contribution in [2.75, 3.05) is 26.7 Å². The number of aliphatic imine (C=N–C) groups is 1. The monoisotopic (exact) mass is 426 g/mol. The van der Waals surface area contributed by atoms with E-state index >= 15 is 0 Å². The van der Waals surface area contributed by atoms with Crippen molar-refractivity contribution in [1.82, 2.24) is 24.7 Å². The summed E-state index contributed by atoms with van der Waals surface area (Å²) < 4.78 is 0. The molecular weight excluding hydrogens is 396 g/mol. The molecule has 2 aromatic rings. The number of hydrogen-bond acceptors (Lipinski definition) is 6. The zero-order valence-electron chi connectivity index (χ0n) is 18.7. The molecule has 0 amide bonds. The molecule has 6 nitrogen and oxygen atoms in total. The molecule has 6 heteroatoms. The van der Waals surface area contributed by atoms with Gasteiger partial charge < -0.3 is 14.7 Å². The van der Waals surface area contributed by atoms with Crippen LogP contribution in [-0.4, -0.2) is 57.3 Å². The molecule has 1 fully saturated rings. The average molecular weight is 427 g/mol.